The third kappa shape index (κ3) is 2.47. The average molecular weight is 193 g/mol. The fourth-order valence-corrected chi connectivity index (χ4v) is 1.45. The first-order valence-electron chi connectivity index (χ1n) is 5.20. The summed E-state index contributed by atoms with van der Waals surface area (Å²) in [7, 11) is 0. The van der Waals surface area contributed by atoms with Crippen LogP contribution in [-0.2, 0) is 5.41 Å². The zero-order valence-corrected chi connectivity index (χ0v) is 9.34. The monoisotopic (exact) mass is 193 g/mol. The number of rotatable bonds is 5. The van der Waals surface area contributed by atoms with Gasteiger partial charge in [0.1, 0.15) is 11.5 Å². The second-order valence-electron chi connectivity index (χ2n) is 4.31. The SMILES string of the molecule is C=Cc1cc(C(C)(C)CCCC)on1. The minimum absolute atomic E-state index is 0.0876. The van der Waals surface area contributed by atoms with Gasteiger partial charge in [0.25, 0.3) is 0 Å². The smallest absolute Gasteiger partial charge is 0.142 e. The van der Waals surface area contributed by atoms with Gasteiger partial charge in [0.05, 0.1) is 0 Å². The summed E-state index contributed by atoms with van der Waals surface area (Å²) >= 11 is 0. The van der Waals surface area contributed by atoms with Crippen molar-refractivity contribution in [3.8, 4) is 0 Å². The Labute approximate surface area is 86.0 Å². The van der Waals surface area contributed by atoms with E-state index < -0.39 is 0 Å². The lowest BCUT2D eigenvalue weighted by Crippen LogP contribution is -2.15. The van der Waals surface area contributed by atoms with E-state index in [2.05, 4.69) is 32.5 Å². The van der Waals surface area contributed by atoms with Crippen LogP contribution in [0.4, 0.5) is 0 Å². The minimum Gasteiger partial charge on any atom is -0.360 e. The van der Waals surface area contributed by atoms with Gasteiger partial charge in [-0.1, -0.05) is 45.3 Å². The molecule has 0 N–H and O–H groups in total. The van der Waals surface area contributed by atoms with Crippen molar-refractivity contribution in [3.63, 3.8) is 0 Å². The number of nitrogens with zero attached hydrogens (tertiary/aromatic N) is 1. The summed E-state index contributed by atoms with van der Waals surface area (Å²) < 4.78 is 5.30. The molecule has 1 rings (SSSR count). The summed E-state index contributed by atoms with van der Waals surface area (Å²) in [5.41, 5.74) is 0.911. The van der Waals surface area contributed by atoms with E-state index in [1.54, 1.807) is 6.08 Å². The maximum atomic E-state index is 5.30. The van der Waals surface area contributed by atoms with Gasteiger partial charge in [0, 0.05) is 11.5 Å². The van der Waals surface area contributed by atoms with Gasteiger partial charge < -0.3 is 4.52 Å². The lowest BCUT2D eigenvalue weighted by Gasteiger charge is -2.20. The van der Waals surface area contributed by atoms with Crippen molar-refractivity contribution in [1.29, 1.82) is 0 Å². The molecule has 2 nitrogen and oxygen atoms in total. The number of hydrogen-bond donors (Lipinski definition) is 0. The molecule has 0 aromatic carbocycles. The Morgan fingerprint density at radius 3 is 2.79 bits per heavy atom. The van der Waals surface area contributed by atoms with Crippen LogP contribution in [0.3, 0.4) is 0 Å². The highest BCUT2D eigenvalue weighted by Gasteiger charge is 2.24. The van der Waals surface area contributed by atoms with Gasteiger partial charge in [-0.25, -0.2) is 0 Å². The van der Waals surface area contributed by atoms with Crippen LogP contribution < -0.4 is 0 Å². The highest BCUT2D eigenvalue weighted by molar-refractivity contribution is 5.41. The van der Waals surface area contributed by atoms with Crippen molar-refractivity contribution in [1.82, 2.24) is 5.16 Å². The van der Waals surface area contributed by atoms with Gasteiger partial charge in [0.15, 0.2) is 0 Å². The highest BCUT2D eigenvalue weighted by atomic mass is 16.5. The summed E-state index contributed by atoms with van der Waals surface area (Å²) in [6.45, 7) is 10.2. The Bertz CT molecular complexity index is 299. The van der Waals surface area contributed by atoms with Gasteiger partial charge in [-0.05, 0) is 12.5 Å². The third-order valence-corrected chi connectivity index (χ3v) is 2.56. The molecule has 14 heavy (non-hydrogen) atoms. The summed E-state index contributed by atoms with van der Waals surface area (Å²) in [6, 6.07) is 1.97. The van der Waals surface area contributed by atoms with E-state index in [4.69, 9.17) is 4.52 Å². The molecule has 0 spiro atoms. The van der Waals surface area contributed by atoms with Gasteiger partial charge in [-0.2, -0.15) is 0 Å². The second-order valence-corrected chi connectivity index (χ2v) is 4.31. The first kappa shape index (κ1) is 11.0. The molecule has 0 fully saturated rings. The van der Waals surface area contributed by atoms with Crippen LogP contribution in [0.5, 0.6) is 0 Å². The zero-order chi connectivity index (χ0) is 10.6. The molecule has 0 saturated carbocycles. The van der Waals surface area contributed by atoms with Crippen molar-refractivity contribution < 1.29 is 4.52 Å². The molecule has 0 saturated heterocycles. The number of hydrogen-bond acceptors (Lipinski definition) is 2. The highest BCUT2D eigenvalue weighted by Crippen LogP contribution is 2.29. The normalized spacial score (nSPS) is 11.6. The third-order valence-electron chi connectivity index (χ3n) is 2.56. The number of aromatic nitrogens is 1. The lowest BCUT2D eigenvalue weighted by atomic mass is 9.84. The standard InChI is InChI=1S/C12H19NO/c1-5-7-8-12(3,4)11-9-10(6-2)13-14-11/h6,9H,2,5,7-8H2,1,3-4H3. The Morgan fingerprint density at radius 2 is 2.29 bits per heavy atom. The molecule has 1 aromatic rings. The van der Waals surface area contributed by atoms with Crippen molar-refractivity contribution in [3.05, 3.63) is 24.1 Å². The molecule has 0 amide bonds. The van der Waals surface area contributed by atoms with Crippen LogP contribution in [0.25, 0.3) is 6.08 Å². The first-order chi connectivity index (χ1) is 6.60. The van der Waals surface area contributed by atoms with E-state index in [9.17, 15) is 0 Å². The maximum Gasteiger partial charge on any atom is 0.142 e. The molecule has 1 heterocycles. The number of unbranched alkanes of at least 4 members (excludes halogenated alkanes) is 1. The van der Waals surface area contributed by atoms with E-state index in [-0.39, 0.29) is 5.41 Å². The van der Waals surface area contributed by atoms with Crippen LogP contribution in [0, 0.1) is 0 Å². The Balaban J connectivity index is 2.75. The molecule has 0 atom stereocenters. The molecule has 0 bridgehead atoms. The van der Waals surface area contributed by atoms with Gasteiger partial charge >= 0.3 is 0 Å². The Morgan fingerprint density at radius 1 is 1.57 bits per heavy atom. The van der Waals surface area contributed by atoms with E-state index in [0.717, 1.165) is 17.9 Å². The van der Waals surface area contributed by atoms with Crippen LogP contribution >= 0.6 is 0 Å². The topological polar surface area (TPSA) is 26.0 Å². The molecule has 0 aliphatic heterocycles. The van der Waals surface area contributed by atoms with Crippen LogP contribution in [-0.4, -0.2) is 5.16 Å². The van der Waals surface area contributed by atoms with Crippen LogP contribution in [0.2, 0.25) is 0 Å². The van der Waals surface area contributed by atoms with Crippen molar-refractivity contribution in [2.45, 2.75) is 45.4 Å². The zero-order valence-electron chi connectivity index (χ0n) is 9.34. The molecule has 0 aliphatic rings. The fraction of sp³-hybridized carbons (Fsp3) is 0.583. The average Bonchev–Trinajstić information content (AvgIpc) is 2.63. The maximum absolute atomic E-state index is 5.30. The summed E-state index contributed by atoms with van der Waals surface area (Å²) in [5, 5.41) is 3.92. The largest absolute Gasteiger partial charge is 0.360 e. The van der Waals surface area contributed by atoms with Gasteiger partial charge in [-0.3, -0.25) is 0 Å². The fourth-order valence-electron chi connectivity index (χ4n) is 1.45. The summed E-state index contributed by atoms with van der Waals surface area (Å²) in [4.78, 5) is 0. The molecule has 1 aromatic heterocycles. The van der Waals surface area contributed by atoms with E-state index in [1.807, 2.05) is 6.07 Å². The molecule has 0 unspecified atom stereocenters. The van der Waals surface area contributed by atoms with Gasteiger partial charge in [-0.15, -0.1) is 0 Å². The van der Waals surface area contributed by atoms with Crippen LogP contribution in [0.15, 0.2) is 17.2 Å². The minimum atomic E-state index is 0.0876. The van der Waals surface area contributed by atoms with E-state index >= 15 is 0 Å². The second kappa shape index (κ2) is 4.45. The van der Waals surface area contributed by atoms with Crippen molar-refractivity contribution in [2.75, 3.05) is 0 Å². The summed E-state index contributed by atoms with van der Waals surface area (Å²) in [6.07, 6.45) is 5.28. The van der Waals surface area contributed by atoms with Gasteiger partial charge in [0.2, 0.25) is 0 Å². The van der Waals surface area contributed by atoms with E-state index in [1.165, 1.54) is 12.8 Å². The lowest BCUT2D eigenvalue weighted by molar-refractivity contribution is 0.300. The predicted octanol–water partition coefficient (Wildman–Crippen LogP) is 3.79. The quantitative estimate of drug-likeness (QED) is 0.711. The first-order valence-corrected chi connectivity index (χ1v) is 5.20. The van der Waals surface area contributed by atoms with Crippen molar-refractivity contribution >= 4 is 6.08 Å². The molecule has 0 radical (unpaired) electrons. The van der Waals surface area contributed by atoms with Crippen molar-refractivity contribution in [2.24, 2.45) is 0 Å². The Kier molecular flexibility index (Phi) is 3.50. The molecular weight excluding hydrogens is 174 g/mol. The van der Waals surface area contributed by atoms with E-state index in [0.29, 0.717) is 0 Å². The summed E-state index contributed by atoms with van der Waals surface area (Å²) in [5.74, 6) is 0.959. The van der Waals surface area contributed by atoms with Crippen LogP contribution in [0.1, 0.15) is 51.5 Å². The molecule has 2 heteroatoms. The molecule has 0 aliphatic carbocycles. The Hall–Kier alpha value is -1.05. The predicted molar refractivity (Wildman–Crippen MR) is 59.1 cm³/mol. The molecular formula is C12H19NO. The molecule has 78 valence electrons.